The van der Waals surface area contributed by atoms with Gasteiger partial charge in [-0.1, -0.05) is 6.07 Å². The van der Waals surface area contributed by atoms with Gasteiger partial charge in [-0.25, -0.2) is 9.18 Å². The number of piperidine rings is 1. The number of nitrogens with zero attached hydrogens (tertiary/aromatic N) is 1. The number of hydrogen-bond acceptors (Lipinski definition) is 3. The zero-order chi connectivity index (χ0) is 16.1. The lowest BCUT2D eigenvalue weighted by Crippen LogP contribution is -2.46. The van der Waals surface area contributed by atoms with Gasteiger partial charge in [-0.2, -0.15) is 0 Å². The van der Waals surface area contributed by atoms with Crippen molar-refractivity contribution in [2.75, 3.05) is 26.8 Å². The van der Waals surface area contributed by atoms with Crippen molar-refractivity contribution >= 4 is 6.03 Å². The monoisotopic (exact) mass is 310 g/mol. The second-order valence-corrected chi connectivity index (χ2v) is 5.70. The van der Waals surface area contributed by atoms with Gasteiger partial charge in [-0.15, -0.1) is 0 Å². The minimum Gasteiger partial charge on any atom is -0.494 e. The molecule has 1 aliphatic heterocycles. The molecule has 6 heteroatoms. The molecule has 0 aliphatic carbocycles. The minimum atomic E-state index is -0.424. The maximum Gasteiger partial charge on any atom is 0.317 e. The maximum absolute atomic E-state index is 13.4. The quantitative estimate of drug-likeness (QED) is 0.897. The average molecular weight is 310 g/mol. The number of aliphatic hydroxyl groups is 1. The predicted molar refractivity (Wildman–Crippen MR) is 81.3 cm³/mol. The summed E-state index contributed by atoms with van der Waals surface area (Å²) in [4.78, 5) is 14.0. The normalized spacial score (nSPS) is 19.6. The number of rotatable bonds is 4. The van der Waals surface area contributed by atoms with Crippen LogP contribution in [0.5, 0.6) is 5.75 Å². The lowest BCUT2D eigenvalue weighted by atomic mass is 9.99. The Labute approximate surface area is 130 Å². The van der Waals surface area contributed by atoms with E-state index in [0.717, 1.165) is 18.4 Å². The Hall–Kier alpha value is -1.82. The predicted octanol–water partition coefficient (Wildman–Crippen LogP) is 2.31. The van der Waals surface area contributed by atoms with Crippen molar-refractivity contribution in [3.63, 3.8) is 0 Å². The molecule has 0 aromatic heterocycles. The van der Waals surface area contributed by atoms with Crippen molar-refractivity contribution in [3.05, 3.63) is 29.6 Å². The van der Waals surface area contributed by atoms with Crippen LogP contribution in [-0.2, 0) is 0 Å². The van der Waals surface area contributed by atoms with Crippen LogP contribution in [0.3, 0.4) is 0 Å². The molecule has 0 saturated carbocycles. The largest absolute Gasteiger partial charge is 0.494 e. The molecular formula is C16H23FN2O3. The fraction of sp³-hybridized carbons (Fsp3) is 0.562. The molecule has 2 amide bonds. The van der Waals surface area contributed by atoms with E-state index in [9.17, 15) is 14.3 Å². The molecule has 0 radical (unpaired) electrons. The first-order valence-corrected chi connectivity index (χ1v) is 7.55. The Morgan fingerprint density at radius 1 is 1.59 bits per heavy atom. The van der Waals surface area contributed by atoms with E-state index in [1.807, 2.05) is 6.92 Å². The van der Waals surface area contributed by atoms with E-state index < -0.39 is 5.82 Å². The Morgan fingerprint density at radius 3 is 3.05 bits per heavy atom. The molecule has 122 valence electrons. The second-order valence-electron chi connectivity index (χ2n) is 5.70. The van der Waals surface area contributed by atoms with Crippen LogP contribution < -0.4 is 10.1 Å². The average Bonchev–Trinajstić information content (AvgIpc) is 2.55. The van der Waals surface area contributed by atoms with Crippen LogP contribution in [0, 0.1) is 11.7 Å². The molecule has 2 atom stereocenters. The fourth-order valence-corrected chi connectivity index (χ4v) is 2.70. The van der Waals surface area contributed by atoms with Gasteiger partial charge in [0.25, 0.3) is 0 Å². The van der Waals surface area contributed by atoms with Crippen molar-refractivity contribution in [2.45, 2.75) is 25.8 Å². The van der Waals surface area contributed by atoms with Crippen LogP contribution in [0.15, 0.2) is 18.2 Å². The molecule has 22 heavy (non-hydrogen) atoms. The molecule has 2 N–H and O–H groups in total. The zero-order valence-electron chi connectivity index (χ0n) is 13.0. The first-order valence-electron chi connectivity index (χ1n) is 7.55. The minimum absolute atomic E-state index is 0.106. The number of aliphatic hydroxyl groups excluding tert-OH is 1. The summed E-state index contributed by atoms with van der Waals surface area (Å²) in [6.07, 6.45) is 1.85. The van der Waals surface area contributed by atoms with Crippen LogP contribution in [0.1, 0.15) is 31.4 Å². The van der Waals surface area contributed by atoms with E-state index in [-0.39, 0.29) is 30.3 Å². The number of ether oxygens (including phenoxy) is 1. The van der Waals surface area contributed by atoms with Crippen LogP contribution in [-0.4, -0.2) is 42.8 Å². The third-order valence-corrected chi connectivity index (χ3v) is 4.08. The lowest BCUT2D eigenvalue weighted by Gasteiger charge is -2.32. The number of carbonyl (C=O) groups is 1. The van der Waals surface area contributed by atoms with E-state index >= 15 is 0 Å². The molecule has 1 saturated heterocycles. The highest BCUT2D eigenvalue weighted by Gasteiger charge is 2.24. The molecule has 1 aromatic rings. The van der Waals surface area contributed by atoms with Crippen molar-refractivity contribution in [1.82, 2.24) is 10.2 Å². The molecule has 0 bridgehead atoms. The van der Waals surface area contributed by atoms with Crippen molar-refractivity contribution in [1.29, 1.82) is 0 Å². The highest BCUT2D eigenvalue weighted by Crippen LogP contribution is 2.23. The van der Waals surface area contributed by atoms with E-state index in [1.54, 1.807) is 17.0 Å². The Morgan fingerprint density at radius 2 is 2.36 bits per heavy atom. The highest BCUT2D eigenvalue weighted by molar-refractivity contribution is 5.74. The van der Waals surface area contributed by atoms with E-state index in [1.165, 1.54) is 13.2 Å². The fourth-order valence-electron chi connectivity index (χ4n) is 2.70. The first kappa shape index (κ1) is 16.5. The SMILES string of the molecule is COc1cc(C(C)NC(=O)N2CCCC(CO)C2)ccc1F. The van der Waals surface area contributed by atoms with Crippen LogP contribution in [0.25, 0.3) is 0 Å². The van der Waals surface area contributed by atoms with E-state index in [4.69, 9.17) is 4.74 Å². The molecule has 2 unspecified atom stereocenters. The van der Waals surface area contributed by atoms with Crippen LogP contribution in [0.2, 0.25) is 0 Å². The number of halogens is 1. The van der Waals surface area contributed by atoms with Gasteiger partial charge in [0.2, 0.25) is 0 Å². The Balaban J connectivity index is 1.98. The van der Waals surface area contributed by atoms with Gasteiger partial charge in [-0.3, -0.25) is 0 Å². The van der Waals surface area contributed by atoms with Crippen molar-refractivity contribution < 1.29 is 19.0 Å². The summed E-state index contributed by atoms with van der Waals surface area (Å²) in [5.41, 5.74) is 0.780. The van der Waals surface area contributed by atoms with Crippen molar-refractivity contribution in [3.8, 4) is 5.75 Å². The summed E-state index contributed by atoms with van der Waals surface area (Å²) in [5.74, 6) is -0.107. The molecule has 1 fully saturated rings. The summed E-state index contributed by atoms with van der Waals surface area (Å²) in [7, 11) is 1.41. The van der Waals surface area contributed by atoms with Gasteiger partial charge in [-0.05, 0) is 43.4 Å². The summed E-state index contributed by atoms with van der Waals surface area (Å²) in [5, 5.41) is 12.1. The summed E-state index contributed by atoms with van der Waals surface area (Å²) < 4.78 is 18.4. The highest BCUT2D eigenvalue weighted by atomic mass is 19.1. The summed E-state index contributed by atoms with van der Waals surface area (Å²) >= 11 is 0. The molecule has 2 rings (SSSR count). The smallest absolute Gasteiger partial charge is 0.317 e. The lowest BCUT2D eigenvalue weighted by molar-refractivity contribution is 0.128. The maximum atomic E-state index is 13.4. The molecule has 1 aromatic carbocycles. The van der Waals surface area contributed by atoms with Gasteiger partial charge < -0.3 is 20.1 Å². The summed E-state index contributed by atoms with van der Waals surface area (Å²) in [6, 6.07) is 4.15. The van der Waals surface area contributed by atoms with Gasteiger partial charge >= 0.3 is 6.03 Å². The Kier molecular flexibility index (Phi) is 5.60. The molecule has 0 spiro atoms. The third-order valence-electron chi connectivity index (χ3n) is 4.08. The summed E-state index contributed by atoms with van der Waals surface area (Å²) in [6.45, 7) is 3.22. The standard InChI is InChI=1S/C16H23FN2O3/c1-11(13-5-6-14(17)15(8-13)22-2)18-16(21)19-7-3-4-12(9-19)10-20/h5-6,8,11-12,20H,3-4,7,9-10H2,1-2H3,(H,18,21). The van der Waals surface area contributed by atoms with Gasteiger partial charge in [0.15, 0.2) is 11.6 Å². The van der Waals surface area contributed by atoms with Gasteiger partial charge in [0.05, 0.1) is 13.2 Å². The van der Waals surface area contributed by atoms with E-state index in [2.05, 4.69) is 5.32 Å². The first-order chi connectivity index (χ1) is 10.5. The zero-order valence-corrected chi connectivity index (χ0v) is 13.0. The van der Waals surface area contributed by atoms with Crippen LogP contribution in [0.4, 0.5) is 9.18 Å². The molecule has 5 nitrogen and oxygen atoms in total. The molecule has 1 aliphatic rings. The molecule has 1 heterocycles. The Bertz CT molecular complexity index is 524. The van der Waals surface area contributed by atoms with Crippen molar-refractivity contribution in [2.24, 2.45) is 5.92 Å². The molecular weight excluding hydrogens is 287 g/mol. The topological polar surface area (TPSA) is 61.8 Å². The van der Waals surface area contributed by atoms with E-state index in [0.29, 0.717) is 13.1 Å². The van der Waals surface area contributed by atoms with Gasteiger partial charge in [0.1, 0.15) is 0 Å². The van der Waals surface area contributed by atoms with Crippen LogP contribution >= 0.6 is 0 Å². The number of methoxy groups -OCH3 is 1. The third kappa shape index (κ3) is 3.88. The second kappa shape index (κ2) is 7.45. The number of benzene rings is 1. The number of amides is 2. The number of urea groups is 1. The van der Waals surface area contributed by atoms with Gasteiger partial charge in [0, 0.05) is 19.7 Å². The number of hydrogen-bond donors (Lipinski definition) is 2. The number of carbonyl (C=O) groups excluding carboxylic acids is 1. The number of likely N-dealkylation sites (tertiary alicyclic amines) is 1. The number of nitrogens with one attached hydrogen (secondary N) is 1.